The van der Waals surface area contributed by atoms with E-state index in [1.54, 1.807) is 10.9 Å². The van der Waals surface area contributed by atoms with Crippen LogP contribution < -0.4 is 5.32 Å². The SMILES string of the molecule is C=Cn1cc(CNCc2ccc(C#N)cc2)cn1. The van der Waals surface area contributed by atoms with Gasteiger partial charge in [-0.05, 0) is 17.7 Å². The van der Waals surface area contributed by atoms with Crippen molar-refractivity contribution in [1.29, 1.82) is 5.26 Å². The van der Waals surface area contributed by atoms with Gasteiger partial charge in [0.25, 0.3) is 0 Å². The van der Waals surface area contributed by atoms with Gasteiger partial charge in [0.05, 0.1) is 17.8 Å². The topological polar surface area (TPSA) is 53.6 Å². The smallest absolute Gasteiger partial charge is 0.0991 e. The van der Waals surface area contributed by atoms with E-state index in [-0.39, 0.29) is 0 Å². The van der Waals surface area contributed by atoms with E-state index in [4.69, 9.17) is 5.26 Å². The summed E-state index contributed by atoms with van der Waals surface area (Å²) in [6.45, 7) is 5.17. The maximum absolute atomic E-state index is 8.70. The van der Waals surface area contributed by atoms with Crippen molar-refractivity contribution < 1.29 is 0 Å². The quantitative estimate of drug-likeness (QED) is 0.868. The second-order valence-electron chi connectivity index (χ2n) is 3.92. The molecule has 4 heteroatoms. The van der Waals surface area contributed by atoms with E-state index in [9.17, 15) is 0 Å². The first-order valence-electron chi connectivity index (χ1n) is 5.67. The molecule has 0 aliphatic carbocycles. The number of hydrogen-bond donors (Lipinski definition) is 1. The maximum atomic E-state index is 8.70. The molecule has 18 heavy (non-hydrogen) atoms. The van der Waals surface area contributed by atoms with E-state index < -0.39 is 0 Å². The summed E-state index contributed by atoms with van der Waals surface area (Å²) in [6, 6.07) is 9.67. The second-order valence-corrected chi connectivity index (χ2v) is 3.92. The van der Waals surface area contributed by atoms with Gasteiger partial charge >= 0.3 is 0 Å². The zero-order valence-corrected chi connectivity index (χ0v) is 10.0. The van der Waals surface area contributed by atoms with Crippen molar-refractivity contribution in [3.63, 3.8) is 0 Å². The monoisotopic (exact) mass is 238 g/mol. The molecule has 0 aliphatic rings. The van der Waals surface area contributed by atoms with Gasteiger partial charge in [-0.2, -0.15) is 10.4 Å². The molecule has 1 N–H and O–H groups in total. The number of benzene rings is 1. The van der Waals surface area contributed by atoms with Crippen LogP contribution in [-0.2, 0) is 13.1 Å². The van der Waals surface area contributed by atoms with Gasteiger partial charge in [-0.3, -0.25) is 0 Å². The normalized spacial score (nSPS) is 9.94. The zero-order chi connectivity index (χ0) is 12.8. The third-order valence-electron chi connectivity index (χ3n) is 2.58. The summed E-state index contributed by atoms with van der Waals surface area (Å²) in [5.74, 6) is 0. The van der Waals surface area contributed by atoms with Crippen molar-refractivity contribution >= 4 is 6.20 Å². The molecular formula is C14H14N4. The van der Waals surface area contributed by atoms with Gasteiger partial charge in [-0.1, -0.05) is 18.7 Å². The first-order chi connectivity index (χ1) is 8.81. The number of nitrogens with one attached hydrogen (secondary N) is 1. The highest BCUT2D eigenvalue weighted by atomic mass is 15.2. The Bertz CT molecular complexity index is 560. The Labute approximate surface area is 106 Å². The third kappa shape index (κ3) is 3.06. The van der Waals surface area contributed by atoms with Crippen molar-refractivity contribution in [2.24, 2.45) is 0 Å². The fraction of sp³-hybridized carbons (Fsp3) is 0.143. The van der Waals surface area contributed by atoms with E-state index in [1.165, 1.54) is 0 Å². The molecule has 0 fully saturated rings. The lowest BCUT2D eigenvalue weighted by molar-refractivity contribution is 0.693. The Morgan fingerprint density at radius 1 is 1.28 bits per heavy atom. The van der Waals surface area contributed by atoms with Crippen LogP contribution in [0.1, 0.15) is 16.7 Å². The Kier molecular flexibility index (Phi) is 3.90. The molecule has 2 aromatic rings. The molecule has 4 nitrogen and oxygen atoms in total. The fourth-order valence-corrected chi connectivity index (χ4v) is 1.62. The Hall–Kier alpha value is -2.38. The predicted octanol–water partition coefficient (Wildman–Crippen LogP) is 2.15. The molecule has 0 bridgehead atoms. The van der Waals surface area contributed by atoms with Crippen molar-refractivity contribution in [2.45, 2.75) is 13.1 Å². The summed E-state index contributed by atoms with van der Waals surface area (Å²) in [5.41, 5.74) is 2.96. The summed E-state index contributed by atoms with van der Waals surface area (Å²) < 4.78 is 1.68. The van der Waals surface area contributed by atoms with E-state index in [2.05, 4.69) is 23.1 Å². The van der Waals surface area contributed by atoms with Gasteiger partial charge in [0.15, 0.2) is 0 Å². The minimum atomic E-state index is 0.686. The molecule has 0 spiro atoms. The first-order valence-corrected chi connectivity index (χ1v) is 5.67. The van der Waals surface area contributed by atoms with Crippen LogP contribution in [0, 0.1) is 11.3 Å². The summed E-state index contributed by atoms with van der Waals surface area (Å²) >= 11 is 0. The van der Waals surface area contributed by atoms with Crippen LogP contribution in [0.3, 0.4) is 0 Å². The van der Waals surface area contributed by atoms with E-state index in [1.807, 2.05) is 36.7 Å². The van der Waals surface area contributed by atoms with Crippen LogP contribution in [0.15, 0.2) is 43.2 Å². The molecule has 0 saturated heterocycles. The van der Waals surface area contributed by atoms with E-state index in [0.717, 1.165) is 24.2 Å². The van der Waals surface area contributed by atoms with E-state index in [0.29, 0.717) is 5.56 Å². The molecule has 1 aromatic heterocycles. The van der Waals surface area contributed by atoms with Crippen molar-refractivity contribution in [2.75, 3.05) is 0 Å². The average molecular weight is 238 g/mol. The summed E-state index contributed by atoms with van der Waals surface area (Å²) in [6.07, 6.45) is 5.40. The zero-order valence-electron chi connectivity index (χ0n) is 10.0. The van der Waals surface area contributed by atoms with E-state index >= 15 is 0 Å². The summed E-state index contributed by atoms with van der Waals surface area (Å²) in [7, 11) is 0. The molecule has 0 saturated carbocycles. The number of nitrogens with zero attached hydrogens (tertiary/aromatic N) is 3. The minimum absolute atomic E-state index is 0.686. The van der Waals surface area contributed by atoms with Crippen molar-refractivity contribution in [3.8, 4) is 6.07 Å². The lowest BCUT2D eigenvalue weighted by Crippen LogP contribution is -2.12. The molecule has 1 aromatic carbocycles. The van der Waals surface area contributed by atoms with Crippen molar-refractivity contribution in [3.05, 3.63) is 59.9 Å². The molecule has 1 heterocycles. The lowest BCUT2D eigenvalue weighted by atomic mass is 10.1. The molecular weight excluding hydrogens is 224 g/mol. The number of hydrogen-bond acceptors (Lipinski definition) is 3. The van der Waals surface area contributed by atoms with Gasteiger partial charge in [0, 0.05) is 31.0 Å². The first kappa shape index (κ1) is 12.1. The Balaban J connectivity index is 1.84. The highest BCUT2D eigenvalue weighted by Crippen LogP contribution is 2.04. The van der Waals surface area contributed by atoms with Gasteiger partial charge in [-0.25, -0.2) is 4.68 Å². The molecule has 0 aliphatic heterocycles. The molecule has 0 amide bonds. The van der Waals surface area contributed by atoms with Gasteiger partial charge in [-0.15, -0.1) is 0 Å². The molecule has 2 rings (SSSR count). The molecule has 0 unspecified atom stereocenters. The van der Waals surface area contributed by atoms with Crippen LogP contribution in [0.4, 0.5) is 0 Å². The maximum Gasteiger partial charge on any atom is 0.0991 e. The largest absolute Gasteiger partial charge is 0.309 e. The van der Waals surface area contributed by atoms with Crippen LogP contribution >= 0.6 is 0 Å². The molecule has 0 radical (unpaired) electrons. The Morgan fingerprint density at radius 3 is 2.61 bits per heavy atom. The highest BCUT2D eigenvalue weighted by Gasteiger charge is 1.97. The highest BCUT2D eigenvalue weighted by molar-refractivity contribution is 5.31. The number of nitriles is 1. The minimum Gasteiger partial charge on any atom is -0.309 e. The summed E-state index contributed by atoms with van der Waals surface area (Å²) in [5, 5.41) is 16.1. The van der Waals surface area contributed by atoms with Crippen LogP contribution in [0.2, 0.25) is 0 Å². The summed E-state index contributed by atoms with van der Waals surface area (Å²) in [4.78, 5) is 0. The predicted molar refractivity (Wildman–Crippen MR) is 70.3 cm³/mol. The third-order valence-corrected chi connectivity index (χ3v) is 2.58. The van der Waals surface area contributed by atoms with Crippen LogP contribution in [-0.4, -0.2) is 9.78 Å². The van der Waals surface area contributed by atoms with Crippen LogP contribution in [0.5, 0.6) is 0 Å². The average Bonchev–Trinajstić information content (AvgIpc) is 2.87. The Morgan fingerprint density at radius 2 is 2.00 bits per heavy atom. The van der Waals surface area contributed by atoms with Crippen LogP contribution in [0.25, 0.3) is 6.20 Å². The molecule has 90 valence electrons. The number of aromatic nitrogens is 2. The lowest BCUT2D eigenvalue weighted by Gasteiger charge is -2.03. The fourth-order valence-electron chi connectivity index (χ4n) is 1.62. The molecule has 0 atom stereocenters. The van der Waals surface area contributed by atoms with Crippen molar-refractivity contribution in [1.82, 2.24) is 15.1 Å². The number of rotatable bonds is 5. The standard InChI is InChI=1S/C14H14N4/c1-2-18-11-14(10-17-18)9-16-8-13-5-3-12(7-15)4-6-13/h2-6,10-11,16H,1,8-9H2. The van der Waals surface area contributed by atoms with Gasteiger partial charge in [0.1, 0.15) is 0 Å². The second kappa shape index (κ2) is 5.80. The van der Waals surface area contributed by atoms with Gasteiger partial charge in [0.2, 0.25) is 0 Å². The van der Waals surface area contributed by atoms with Gasteiger partial charge < -0.3 is 5.32 Å².